The van der Waals surface area contributed by atoms with Gasteiger partial charge in [-0.2, -0.15) is 18.3 Å². The van der Waals surface area contributed by atoms with E-state index >= 15 is 0 Å². The number of furan rings is 1. The molecule has 9 heteroatoms. The summed E-state index contributed by atoms with van der Waals surface area (Å²) in [7, 11) is 0. The van der Waals surface area contributed by atoms with Crippen LogP contribution in [0.5, 0.6) is 0 Å². The second-order valence-electron chi connectivity index (χ2n) is 4.25. The summed E-state index contributed by atoms with van der Waals surface area (Å²) in [6, 6.07) is 3.93. The lowest BCUT2D eigenvalue weighted by Gasteiger charge is -2.09. The molecule has 0 aromatic carbocycles. The van der Waals surface area contributed by atoms with E-state index in [2.05, 4.69) is 10.1 Å². The molecule has 0 radical (unpaired) electrons. The van der Waals surface area contributed by atoms with Gasteiger partial charge in [0, 0.05) is 18.5 Å². The molecule has 0 aliphatic rings. The maximum Gasteiger partial charge on any atom is 0.435 e. The van der Waals surface area contributed by atoms with Gasteiger partial charge in [0.1, 0.15) is 11.4 Å². The van der Waals surface area contributed by atoms with Crippen molar-refractivity contribution >= 4 is 23.2 Å². The smallest absolute Gasteiger partial charge is 0.435 e. The Labute approximate surface area is 132 Å². The van der Waals surface area contributed by atoms with Crippen molar-refractivity contribution in [2.24, 2.45) is 0 Å². The van der Waals surface area contributed by atoms with Crippen LogP contribution in [0.3, 0.4) is 0 Å². The molecular weight excluding hydrogens is 342 g/mol. The summed E-state index contributed by atoms with van der Waals surface area (Å²) in [6.07, 6.45) is -0.735. The van der Waals surface area contributed by atoms with Gasteiger partial charge in [-0.25, -0.2) is 4.68 Å². The summed E-state index contributed by atoms with van der Waals surface area (Å²) in [5.74, 6) is 0.201. The first-order chi connectivity index (χ1) is 10.4. The van der Waals surface area contributed by atoms with Gasteiger partial charge in [0.25, 0.3) is 0 Å². The summed E-state index contributed by atoms with van der Waals surface area (Å²) < 4.78 is 45.0. The number of halogens is 5. The normalized spacial score (nSPS) is 11.9. The van der Waals surface area contributed by atoms with Gasteiger partial charge in [-0.15, -0.1) is 0 Å². The Morgan fingerprint density at radius 1 is 1.14 bits per heavy atom. The fourth-order valence-corrected chi connectivity index (χ4v) is 2.42. The summed E-state index contributed by atoms with van der Waals surface area (Å²) in [4.78, 5) is 3.77. The molecule has 3 aromatic rings. The van der Waals surface area contributed by atoms with Gasteiger partial charge in [-0.1, -0.05) is 23.2 Å². The predicted molar refractivity (Wildman–Crippen MR) is 74.1 cm³/mol. The van der Waals surface area contributed by atoms with E-state index in [1.807, 2.05) is 0 Å². The Balaban J connectivity index is 2.29. The molecule has 0 unspecified atom stereocenters. The minimum Gasteiger partial charge on any atom is -0.463 e. The summed E-state index contributed by atoms with van der Waals surface area (Å²) in [6.45, 7) is 0. The molecule has 22 heavy (non-hydrogen) atoms. The highest BCUT2D eigenvalue weighted by Gasteiger charge is 2.36. The third kappa shape index (κ3) is 2.57. The van der Waals surface area contributed by atoms with Crippen molar-refractivity contribution in [2.75, 3.05) is 0 Å². The van der Waals surface area contributed by atoms with Gasteiger partial charge in [0.15, 0.2) is 11.5 Å². The lowest BCUT2D eigenvalue weighted by atomic mass is 10.3. The lowest BCUT2D eigenvalue weighted by molar-refractivity contribution is -0.141. The van der Waals surface area contributed by atoms with Crippen LogP contribution < -0.4 is 0 Å². The van der Waals surface area contributed by atoms with Crippen LogP contribution in [-0.4, -0.2) is 14.8 Å². The van der Waals surface area contributed by atoms with Gasteiger partial charge < -0.3 is 4.42 Å². The molecule has 114 valence electrons. The molecule has 0 amide bonds. The largest absolute Gasteiger partial charge is 0.463 e. The highest BCUT2D eigenvalue weighted by molar-refractivity contribution is 6.37. The Hall–Kier alpha value is -1.99. The first-order valence-electron chi connectivity index (χ1n) is 5.88. The van der Waals surface area contributed by atoms with Crippen molar-refractivity contribution in [3.8, 4) is 17.1 Å². The van der Waals surface area contributed by atoms with Crippen molar-refractivity contribution in [2.45, 2.75) is 6.18 Å². The van der Waals surface area contributed by atoms with Crippen LogP contribution >= 0.6 is 23.2 Å². The number of hydrogen-bond acceptors (Lipinski definition) is 3. The zero-order valence-corrected chi connectivity index (χ0v) is 12.1. The van der Waals surface area contributed by atoms with Crippen molar-refractivity contribution in [3.05, 3.63) is 52.6 Å². The van der Waals surface area contributed by atoms with E-state index in [4.69, 9.17) is 27.6 Å². The third-order valence-corrected chi connectivity index (χ3v) is 3.37. The molecule has 0 fully saturated rings. The number of hydrogen-bond donors (Lipinski definition) is 0. The second-order valence-corrected chi connectivity index (χ2v) is 5.07. The fraction of sp³-hybridized carbons (Fsp3) is 0.0769. The van der Waals surface area contributed by atoms with Gasteiger partial charge in [-0.3, -0.25) is 4.98 Å². The summed E-state index contributed by atoms with van der Waals surface area (Å²) in [5.41, 5.74) is -0.907. The van der Waals surface area contributed by atoms with E-state index in [0.717, 1.165) is 10.7 Å². The minimum absolute atomic E-state index is 0.0668. The van der Waals surface area contributed by atoms with Gasteiger partial charge in [-0.05, 0) is 12.1 Å². The molecule has 0 saturated heterocycles. The highest BCUT2D eigenvalue weighted by Crippen LogP contribution is 2.36. The highest BCUT2D eigenvalue weighted by atomic mass is 35.5. The van der Waals surface area contributed by atoms with E-state index in [1.54, 1.807) is 6.07 Å². The van der Waals surface area contributed by atoms with Gasteiger partial charge >= 0.3 is 6.18 Å². The Morgan fingerprint density at radius 2 is 1.82 bits per heavy atom. The standard InChI is InChI=1S/C13H6Cl2F3N3O/c14-7-5-19-6-8(15)12(7)21-9(10-2-1-3-22-10)4-11(20-21)13(16,17)18/h1-6H. The number of aromatic nitrogens is 3. The quantitative estimate of drug-likeness (QED) is 0.665. The molecule has 3 heterocycles. The van der Waals surface area contributed by atoms with E-state index in [-0.39, 0.29) is 27.2 Å². The molecule has 0 bridgehead atoms. The summed E-state index contributed by atoms with van der Waals surface area (Å²) >= 11 is 12.0. The molecule has 0 aliphatic heterocycles. The van der Waals surface area contributed by atoms with Crippen molar-refractivity contribution < 1.29 is 17.6 Å². The van der Waals surface area contributed by atoms with Crippen LogP contribution in [-0.2, 0) is 6.18 Å². The van der Waals surface area contributed by atoms with Crippen LogP contribution in [0.1, 0.15) is 5.69 Å². The monoisotopic (exact) mass is 347 g/mol. The lowest BCUT2D eigenvalue weighted by Crippen LogP contribution is -2.08. The molecule has 0 aliphatic carbocycles. The SMILES string of the molecule is FC(F)(F)c1cc(-c2ccco2)n(-c2c(Cl)cncc2Cl)n1. The van der Waals surface area contributed by atoms with Crippen LogP contribution in [0.2, 0.25) is 10.0 Å². The van der Waals surface area contributed by atoms with Crippen LogP contribution in [0, 0.1) is 0 Å². The van der Waals surface area contributed by atoms with Crippen molar-refractivity contribution in [1.82, 2.24) is 14.8 Å². The van der Waals surface area contributed by atoms with E-state index in [9.17, 15) is 13.2 Å². The third-order valence-electron chi connectivity index (χ3n) is 2.81. The number of alkyl halides is 3. The van der Waals surface area contributed by atoms with Crippen molar-refractivity contribution in [3.63, 3.8) is 0 Å². The molecule has 0 spiro atoms. The van der Waals surface area contributed by atoms with Crippen LogP contribution in [0.25, 0.3) is 17.1 Å². The second kappa shape index (κ2) is 5.33. The minimum atomic E-state index is -4.61. The van der Waals surface area contributed by atoms with Crippen LogP contribution in [0.15, 0.2) is 41.3 Å². The van der Waals surface area contributed by atoms with E-state index < -0.39 is 11.9 Å². The van der Waals surface area contributed by atoms with Crippen molar-refractivity contribution in [1.29, 1.82) is 0 Å². The zero-order valence-electron chi connectivity index (χ0n) is 10.6. The maximum atomic E-state index is 13.0. The topological polar surface area (TPSA) is 43.9 Å². The fourth-order valence-electron chi connectivity index (χ4n) is 1.90. The molecule has 4 nitrogen and oxygen atoms in total. The van der Waals surface area contributed by atoms with Gasteiger partial charge in [0.2, 0.25) is 0 Å². The number of pyridine rings is 1. The average molecular weight is 348 g/mol. The Bertz CT molecular complexity index is 792. The molecular formula is C13H6Cl2F3N3O. The first kappa shape index (κ1) is 14.9. The Morgan fingerprint density at radius 3 is 2.36 bits per heavy atom. The average Bonchev–Trinajstić information content (AvgIpc) is 3.06. The molecule has 0 saturated carbocycles. The van der Waals surface area contributed by atoms with E-state index in [1.165, 1.54) is 24.7 Å². The molecule has 3 rings (SSSR count). The molecule has 3 aromatic heterocycles. The summed E-state index contributed by atoms with van der Waals surface area (Å²) in [5, 5.41) is 3.70. The first-order valence-corrected chi connectivity index (χ1v) is 6.64. The van der Waals surface area contributed by atoms with Crippen LogP contribution in [0.4, 0.5) is 13.2 Å². The number of nitrogens with zero attached hydrogens (tertiary/aromatic N) is 3. The predicted octanol–water partition coefficient (Wildman–Crippen LogP) is 4.85. The van der Waals surface area contributed by atoms with E-state index in [0.29, 0.717) is 0 Å². The zero-order chi connectivity index (χ0) is 15.9. The maximum absolute atomic E-state index is 13.0. The molecule has 0 N–H and O–H groups in total. The molecule has 0 atom stereocenters. The van der Waals surface area contributed by atoms with Gasteiger partial charge in [0.05, 0.1) is 16.3 Å². The Kier molecular flexibility index (Phi) is 3.62. The number of rotatable bonds is 2.